The maximum absolute atomic E-state index is 12.7. The number of benzene rings is 1. The molecule has 1 fully saturated rings. The van der Waals surface area contributed by atoms with Crippen LogP contribution >= 0.6 is 11.8 Å². The van der Waals surface area contributed by atoms with Crippen molar-refractivity contribution in [1.29, 1.82) is 0 Å². The lowest BCUT2D eigenvalue weighted by Gasteiger charge is -2.19. The average molecular weight is 224 g/mol. The Bertz CT molecular complexity index is 347. The molecule has 1 saturated carbocycles. The summed E-state index contributed by atoms with van der Waals surface area (Å²) in [7, 11) is 0. The molecule has 0 aliphatic heterocycles. The molecule has 0 radical (unpaired) electrons. The molecule has 0 heterocycles. The lowest BCUT2D eigenvalue weighted by molar-refractivity contribution is -0.119. The van der Waals surface area contributed by atoms with Crippen LogP contribution in [0.1, 0.15) is 25.7 Å². The van der Waals surface area contributed by atoms with E-state index in [2.05, 4.69) is 0 Å². The zero-order valence-corrected chi connectivity index (χ0v) is 9.23. The first-order chi connectivity index (χ1) is 7.25. The first kappa shape index (κ1) is 10.7. The van der Waals surface area contributed by atoms with E-state index in [1.165, 1.54) is 12.1 Å². The number of rotatable bonds is 2. The molecule has 0 spiro atoms. The zero-order valence-electron chi connectivity index (χ0n) is 8.41. The predicted molar refractivity (Wildman–Crippen MR) is 59.5 cm³/mol. The fourth-order valence-corrected chi connectivity index (χ4v) is 2.91. The van der Waals surface area contributed by atoms with E-state index in [1.54, 1.807) is 23.9 Å². The van der Waals surface area contributed by atoms with E-state index in [0.29, 0.717) is 12.2 Å². The third kappa shape index (κ3) is 2.81. The van der Waals surface area contributed by atoms with E-state index in [9.17, 15) is 9.18 Å². The van der Waals surface area contributed by atoms with Crippen LogP contribution in [-0.4, -0.2) is 11.0 Å². The van der Waals surface area contributed by atoms with E-state index in [0.717, 1.165) is 24.2 Å². The van der Waals surface area contributed by atoms with Crippen LogP contribution in [0.4, 0.5) is 4.39 Å². The molecular weight excluding hydrogens is 211 g/mol. The molecule has 1 aromatic rings. The molecule has 1 aliphatic rings. The highest BCUT2D eigenvalue weighted by molar-refractivity contribution is 8.00. The molecular formula is C12H13FOS. The van der Waals surface area contributed by atoms with Gasteiger partial charge in [-0.25, -0.2) is 4.39 Å². The fourth-order valence-electron chi connectivity index (χ4n) is 1.75. The average Bonchev–Trinajstić information content (AvgIpc) is 2.25. The summed E-state index contributed by atoms with van der Waals surface area (Å²) < 4.78 is 12.7. The number of hydrogen-bond donors (Lipinski definition) is 0. The highest BCUT2D eigenvalue weighted by Crippen LogP contribution is 2.31. The Morgan fingerprint density at radius 2 is 1.93 bits per heavy atom. The normalized spacial score (nSPS) is 21.7. The minimum Gasteiger partial charge on any atom is -0.298 e. The van der Waals surface area contributed by atoms with Gasteiger partial charge in [0.1, 0.15) is 11.6 Å². The van der Waals surface area contributed by atoms with Crippen LogP contribution < -0.4 is 0 Å². The second-order valence-electron chi connectivity index (χ2n) is 3.77. The molecule has 0 N–H and O–H groups in total. The fraction of sp³-hybridized carbons (Fsp3) is 0.417. The zero-order chi connectivity index (χ0) is 10.7. The summed E-state index contributed by atoms with van der Waals surface area (Å²) in [5, 5.41) is 0.0872. The van der Waals surface area contributed by atoms with Gasteiger partial charge in [-0.1, -0.05) is 6.42 Å². The number of carbonyl (C=O) groups excluding carboxylic acids is 1. The Morgan fingerprint density at radius 1 is 1.20 bits per heavy atom. The van der Waals surface area contributed by atoms with Gasteiger partial charge >= 0.3 is 0 Å². The molecule has 1 aliphatic carbocycles. The monoisotopic (exact) mass is 224 g/mol. The second kappa shape index (κ2) is 4.79. The molecule has 80 valence electrons. The van der Waals surface area contributed by atoms with Crippen molar-refractivity contribution >= 4 is 17.5 Å². The molecule has 0 amide bonds. The first-order valence-corrected chi connectivity index (χ1v) is 6.08. The first-order valence-electron chi connectivity index (χ1n) is 5.20. The second-order valence-corrected chi connectivity index (χ2v) is 5.05. The van der Waals surface area contributed by atoms with E-state index < -0.39 is 0 Å². The van der Waals surface area contributed by atoms with Crippen LogP contribution in [0.3, 0.4) is 0 Å². The van der Waals surface area contributed by atoms with Gasteiger partial charge in [0.25, 0.3) is 0 Å². The molecule has 3 heteroatoms. The Balaban J connectivity index is 2.01. The molecule has 0 aromatic heterocycles. The number of ketones is 1. The Morgan fingerprint density at radius 3 is 2.60 bits per heavy atom. The molecule has 2 rings (SSSR count). The largest absolute Gasteiger partial charge is 0.298 e. The van der Waals surface area contributed by atoms with E-state index in [4.69, 9.17) is 0 Å². The summed E-state index contributed by atoms with van der Waals surface area (Å²) in [6, 6.07) is 6.36. The smallest absolute Gasteiger partial charge is 0.146 e. The van der Waals surface area contributed by atoms with Crippen molar-refractivity contribution in [2.45, 2.75) is 35.8 Å². The van der Waals surface area contributed by atoms with Gasteiger partial charge in [0.15, 0.2) is 0 Å². The van der Waals surface area contributed by atoms with Crippen LogP contribution in [0.25, 0.3) is 0 Å². The number of halogens is 1. The van der Waals surface area contributed by atoms with Gasteiger partial charge in [0.2, 0.25) is 0 Å². The number of thioether (sulfide) groups is 1. The van der Waals surface area contributed by atoms with Gasteiger partial charge in [-0.3, -0.25) is 4.79 Å². The summed E-state index contributed by atoms with van der Waals surface area (Å²) in [5.74, 6) is 0.116. The lowest BCUT2D eigenvalue weighted by Crippen LogP contribution is -2.21. The molecule has 1 nitrogen and oxygen atoms in total. The number of hydrogen-bond acceptors (Lipinski definition) is 2. The van der Waals surface area contributed by atoms with Crippen molar-refractivity contribution in [1.82, 2.24) is 0 Å². The van der Waals surface area contributed by atoms with Crippen molar-refractivity contribution in [3.8, 4) is 0 Å². The van der Waals surface area contributed by atoms with Crippen molar-refractivity contribution < 1.29 is 9.18 Å². The maximum Gasteiger partial charge on any atom is 0.146 e. The van der Waals surface area contributed by atoms with Crippen molar-refractivity contribution in [3.63, 3.8) is 0 Å². The third-order valence-corrected chi connectivity index (χ3v) is 3.92. The van der Waals surface area contributed by atoms with Crippen molar-refractivity contribution in [2.75, 3.05) is 0 Å². The minimum absolute atomic E-state index is 0.0872. The molecule has 0 bridgehead atoms. The van der Waals surface area contributed by atoms with Gasteiger partial charge in [0, 0.05) is 11.3 Å². The van der Waals surface area contributed by atoms with Crippen LogP contribution in [0.2, 0.25) is 0 Å². The summed E-state index contributed by atoms with van der Waals surface area (Å²) >= 11 is 1.57. The molecule has 1 aromatic carbocycles. The molecule has 0 saturated heterocycles. The van der Waals surface area contributed by atoms with Gasteiger partial charge in [-0.15, -0.1) is 11.8 Å². The highest BCUT2D eigenvalue weighted by atomic mass is 32.2. The Hall–Kier alpha value is -0.830. The van der Waals surface area contributed by atoms with Gasteiger partial charge in [-0.2, -0.15) is 0 Å². The number of Topliss-reactive ketones (excluding diaryl/α,β-unsaturated/α-hetero) is 1. The minimum atomic E-state index is -0.227. The van der Waals surface area contributed by atoms with E-state index in [1.807, 2.05) is 0 Å². The van der Waals surface area contributed by atoms with Crippen LogP contribution in [0, 0.1) is 5.82 Å². The van der Waals surface area contributed by atoms with Crippen molar-refractivity contribution in [3.05, 3.63) is 30.1 Å². The molecule has 1 atom stereocenters. The predicted octanol–water partition coefficient (Wildman–Crippen LogP) is 3.43. The summed E-state index contributed by atoms with van der Waals surface area (Å²) in [6.45, 7) is 0. The Labute approximate surface area is 93.1 Å². The lowest BCUT2D eigenvalue weighted by atomic mass is 9.99. The van der Waals surface area contributed by atoms with Crippen LogP contribution in [-0.2, 0) is 4.79 Å². The quantitative estimate of drug-likeness (QED) is 0.765. The van der Waals surface area contributed by atoms with Crippen LogP contribution in [0.5, 0.6) is 0 Å². The van der Waals surface area contributed by atoms with E-state index in [-0.39, 0.29) is 11.1 Å². The van der Waals surface area contributed by atoms with Crippen molar-refractivity contribution in [2.24, 2.45) is 0 Å². The number of carbonyl (C=O) groups is 1. The molecule has 0 unspecified atom stereocenters. The van der Waals surface area contributed by atoms with Gasteiger partial charge < -0.3 is 0 Å². The molecule has 15 heavy (non-hydrogen) atoms. The van der Waals surface area contributed by atoms with Crippen LogP contribution in [0.15, 0.2) is 29.2 Å². The summed E-state index contributed by atoms with van der Waals surface area (Å²) in [6.07, 6.45) is 3.82. The Kier molecular flexibility index (Phi) is 3.41. The summed E-state index contributed by atoms with van der Waals surface area (Å²) in [5.41, 5.74) is 0. The van der Waals surface area contributed by atoms with Gasteiger partial charge in [0.05, 0.1) is 5.25 Å². The SMILES string of the molecule is O=C1CCCC[C@@H]1Sc1ccc(F)cc1. The van der Waals surface area contributed by atoms with E-state index >= 15 is 0 Å². The van der Waals surface area contributed by atoms with Gasteiger partial charge in [-0.05, 0) is 37.1 Å². The topological polar surface area (TPSA) is 17.1 Å². The standard InChI is InChI=1S/C12H13FOS/c13-9-5-7-10(8-6-9)15-12-4-2-1-3-11(12)14/h5-8,12H,1-4H2/t12-/m0/s1. The summed E-state index contributed by atoms with van der Waals surface area (Å²) in [4.78, 5) is 12.6. The maximum atomic E-state index is 12.7. The highest BCUT2D eigenvalue weighted by Gasteiger charge is 2.22. The third-order valence-electron chi connectivity index (χ3n) is 2.59.